The van der Waals surface area contributed by atoms with Crippen LogP contribution in [0.15, 0.2) is 9.72 Å². The van der Waals surface area contributed by atoms with Crippen LogP contribution in [0.2, 0.25) is 0 Å². The van der Waals surface area contributed by atoms with Crippen molar-refractivity contribution < 1.29 is 17.9 Å². The summed E-state index contributed by atoms with van der Waals surface area (Å²) in [4.78, 5) is 17.6. The first-order valence-corrected chi connectivity index (χ1v) is 9.10. The van der Waals surface area contributed by atoms with Crippen LogP contribution in [0.1, 0.15) is 30.3 Å². The van der Waals surface area contributed by atoms with Crippen molar-refractivity contribution in [1.82, 2.24) is 14.6 Å². The number of hydrogen-bond acceptors (Lipinski definition) is 7. The largest absolute Gasteiger partial charge is 0.464 e. The highest BCUT2D eigenvalue weighted by molar-refractivity contribution is 7.91. The highest BCUT2D eigenvalue weighted by Gasteiger charge is 2.30. The van der Waals surface area contributed by atoms with Gasteiger partial charge in [-0.05, 0) is 32.5 Å². The molecule has 0 aromatic carbocycles. The fraction of sp³-hybridized carbons (Fsp3) is 0.667. The minimum atomic E-state index is -3.74. The fourth-order valence-electron chi connectivity index (χ4n) is 2.30. The summed E-state index contributed by atoms with van der Waals surface area (Å²) in [7, 11) is -2.54. The van der Waals surface area contributed by atoms with Crippen molar-refractivity contribution in [3.8, 4) is 0 Å². The van der Waals surface area contributed by atoms with Gasteiger partial charge in [-0.25, -0.2) is 22.9 Å². The van der Waals surface area contributed by atoms with Gasteiger partial charge in [0.15, 0.2) is 9.90 Å². The Bertz CT molecular complexity index is 591. The van der Waals surface area contributed by atoms with E-state index in [4.69, 9.17) is 0 Å². The molecule has 0 saturated carbocycles. The number of methoxy groups -OCH3 is 1. The molecule has 7 nitrogen and oxygen atoms in total. The van der Waals surface area contributed by atoms with E-state index in [9.17, 15) is 13.2 Å². The van der Waals surface area contributed by atoms with Crippen molar-refractivity contribution in [1.29, 1.82) is 0 Å². The molecule has 0 radical (unpaired) electrons. The number of thiazole rings is 1. The van der Waals surface area contributed by atoms with E-state index in [1.54, 1.807) is 0 Å². The first-order chi connectivity index (χ1) is 9.97. The highest BCUT2D eigenvalue weighted by Crippen LogP contribution is 2.22. The van der Waals surface area contributed by atoms with Gasteiger partial charge < -0.3 is 9.64 Å². The minimum Gasteiger partial charge on any atom is -0.464 e. The number of carbonyl (C=O) groups excluding carboxylic acids is 1. The lowest BCUT2D eigenvalue weighted by Crippen LogP contribution is -2.44. The number of likely N-dealkylation sites (tertiary alicyclic amines) is 1. The van der Waals surface area contributed by atoms with Crippen LogP contribution in [-0.2, 0) is 14.8 Å². The van der Waals surface area contributed by atoms with Crippen molar-refractivity contribution in [2.24, 2.45) is 0 Å². The molecular formula is C12H19N3O4S2. The number of aromatic nitrogens is 1. The maximum Gasteiger partial charge on any atom is 0.358 e. The summed E-state index contributed by atoms with van der Waals surface area (Å²) in [5.74, 6) is -0.738. The van der Waals surface area contributed by atoms with Crippen molar-refractivity contribution in [3.05, 3.63) is 11.2 Å². The summed E-state index contributed by atoms with van der Waals surface area (Å²) in [6.07, 6.45) is 1.53. The summed E-state index contributed by atoms with van der Waals surface area (Å²) >= 11 is 0.921. The van der Waals surface area contributed by atoms with Gasteiger partial charge in [-0.3, -0.25) is 0 Å². The standard InChI is InChI=1S/C12H19N3O4S2/c1-3-15-6-4-9(5-7-15)14-21(17,18)12-10(11(16)19-2)13-8-20-12/h8-9,14H,3-7H2,1-2H3. The number of nitrogens with zero attached hydrogens (tertiary/aromatic N) is 2. The van der Waals surface area contributed by atoms with Crippen LogP contribution in [-0.4, -0.2) is 57.1 Å². The molecule has 1 fully saturated rings. The average Bonchev–Trinajstić information content (AvgIpc) is 2.97. The van der Waals surface area contributed by atoms with Gasteiger partial charge in [-0.15, -0.1) is 11.3 Å². The summed E-state index contributed by atoms with van der Waals surface area (Å²) in [6, 6.07) is -0.106. The van der Waals surface area contributed by atoms with Crippen LogP contribution >= 0.6 is 11.3 Å². The van der Waals surface area contributed by atoms with Gasteiger partial charge in [0.2, 0.25) is 0 Å². The van der Waals surface area contributed by atoms with Crippen molar-refractivity contribution in [2.45, 2.75) is 30.0 Å². The van der Waals surface area contributed by atoms with E-state index in [0.717, 1.165) is 43.8 Å². The Kier molecular flexibility index (Phi) is 5.31. The number of esters is 1. The molecule has 1 aromatic rings. The van der Waals surface area contributed by atoms with Crippen LogP contribution in [0.3, 0.4) is 0 Å². The molecule has 1 aliphatic heterocycles. The molecule has 0 spiro atoms. The van der Waals surface area contributed by atoms with Crippen LogP contribution in [0, 0.1) is 0 Å². The predicted octanol–water partition coefficient (Wildman–Crippen LogP) is 0.692. The predicted molar refractivity (Wildman–Crippen MR) is 78.9 cm³/mol. The molecule has 9 heteroatoms. The molecule has 118 valence electrons. The Balaban J connectivity index is 2.09. The van der Waals surface area contributed by atoms with Gasteiger partial charge in [0.1, 0.15) is 0 Å². The summed E-state index contributed by atoms with van der Waals surface area (Å²) in [5.41, 5.74) is 1.18. The van der Waals surface area contributed by atoms with Crippen LogP contribution < -0.4 is 4.72 Å². The second kappa shape index (κ2) is 6.82. The lowest BCUT2D eigenvalue weighted by atomic mass is 10.1. The topological polar surface area (TPSA) is 88.6 Å². The molecule has 21 heavy (non-hydrogen) atoms. The third-order valence-corrected chi connectivity index (χ3v) is 6.40. The number of piperidine rings is 1. The lowest BCUT2D eigenvalue weighted by molar-refractivity contribution is 0.0590. The van der Waals surface area contributed by atoms with E-state index in [2.05, 4.69) is 26.3 Å². The Morgan fingerprint density at radius 2 is 2.19 bits per heavy atom. The number of ether oxygens (including phenoxy) is 1. The van der Waals surface area contributed by atoms with Crippen LogP contribution in [0.5, 0.6) is 0 Å². The van der Waals surface area contributed by atoms with Crippen molar-refractivity contribution in [3.63, 3.8) is 0 Å². The second-order valence-electron chi connectivity index (χ2n) is 4.81. The number of carbonyl (C=O) groups is 1. The van der Waals surface area contributed by atoms with Crippen molar-refractivity contribution >= 4 is 27.3 Å². The normalized spacial score (nSPS) is 17.8. The fourth-order valence-corrected chi connectivity index (χ4v) is 4.75. The smallest absolute Gasteiger partial charge is 0.358 e. The number of sulfonamides is 1. The molecule has 0 bridgehead atoms. The molecule has 0 unspecified atom stereocenters. The third-order valence-electron chi connectivity index (χ3n) is 3.51. The summed E-state index contributed by atoms with van der Waals surface area (Å²) < 4.78 is 31.9. The lowest BCUT2D eigenvalue weighted by Gasteiger charge is -2.31. The van der Waals surface area contributed by atoms with Gasteiger partial charge in [-0.2, -0.15) is 0 Å². The molecule has 0 amide bonds. The van der Waals surface area contributed by atoms with Gasteiger partial charge in [0.05, 0.1) is 12.6 Å². The van der Waals surface area contributed by atoms with Gasteiger partial charge in [0.25, 0.3) is 10.0 Å². The third kappa shape index (κ3) is 3.79. The Morgan fingerprint density at radius 1 is 1.52 bits per heavy atom. The molecule has 1 N–H and O–H groups in total. The zero-order chi connectivity index (χ0) is 15.5. The van der Waals surface area contributed by atoms with Gasteiger partial charge in [-0.1, -0.05) is 6.92 Å². The maximum atomic E-state index is 12.4. The van der Waals surface area contributed by atoms with E-state index in [1.165, 1.54) is 12.6 Å². The summed E-state index contributed by atoms with van der Waals surface area (Å²) in [6.45, 7) is 4.80. The zero-order valence-corrected chi connectivity index (χ0v) is 13.7. The monoisotopic (exact) mass is 333 g/mol. The molecule has 0 aliphatic carbocycles. The number of nitrogens with one attached hydrogen (secondary N) is 1. The van der Waals surface area contributed by atoms with E-state index >= 15 is 0 Å². The van der Waals surface area contributed by atoms with Gasteiger partial charge in [0, 0.05) is 6.04 Å². The quantitative estimate of drug-likeness (QED) is 0.798. The van der Waals surface area contributed by atoms with Crippen LogP contribution in [0.25, 0.3) is 0 Å². The van der Waals surface area contributed by atoms with E-state index < -0.39 is 16.0 Å². The van der Waals surface area contributed by atoms with Crippen molar-refractivity contribution in [2.75, 3.05) is 26.7 Å². The Labute approximate surface area is 128 Å². The average molecular weight is 333 g/mol. The summed E-state index contributed by atoms with van der Waals surface area (Å²) in [5, 5.41) is 0. The van der Waals surface area contributed by atoms with Gasteiger partial charge >= 0.3 is 5.97 Å². The van der Waals surface area contributed by atoms with E-state index in [0.29, 0.717) is 0 Å². The molecule has 0 atom stereocenters. The Morgan fingerprint density at radius 3 is 2.76 bits per heavy atom. The van der Waals surface area contributed by atoms with Crippen LogP contribution in [0.4, 0.5) is 0 Å². The second-order valence-corrected chi connectivity index (χ2v) is 7.57. The molecule has 1 aliphatic rings. The van der Waals surface area contributed by atoms with E-state index in [-0.39, 0.29) is 15.9 Å². The SMILES string of the molecule is CCN1CCC(NS(=O)(=O)c2scnc2C(=O)OC)CC1. The molecular weight excluding hydrogens is 314 g/mol. The number of hydrogen-bond donors (Lipinski definition) is 1. The molecule has 1 aromatic heterocycles. The molecule has 2 rings (SSSR count). The first-order valence-electron chi connectivity index (χ1n) is 6.74. The molecule has 1 saturated heterocycles. The number of rotatable bonds is 5. The minimum absolute atomic E-state index is 0.0766. The van der Waals surface area contributed by atoms with E-state index in [1.807, 2.05) is 0 Å². The Hall–Kier alpha value is -1.03. The maximum absolute atomic E-state index is 12.4. The molecule has 2 heterocycles. The highest BCUT2D eigenvalue weighted by atomic mass is 32.2. The zero-order valence-electron chi connectivity index (χ0n) is 12.0. The first kappa shape index (κ1) is 16.3.